The molecule has 0 radical (unpaired) electrons. The summed E-state index contributed by atoms with van der Waals surface area (Å²) in [5.74, 6) is 6.87. The van der Waals surface area contributed by atoms with Gasteiger partial charge in [0, 0.05) is 32.6 Å². The Morgan fingerprint density at radius 3 is 2.63 bits per heavy atom. The first-order valence-electron chi connectivity index (χ1n) is 6.34. The largest absolute Gasteiger partial charge is 0.369 e. The number of anilines is 2. The molecule has 0 atom stereocenters. The molecular formula is C12H22N6O. The lowest BCUT2D eigenvalue weighted by Gasteiger charge is -2.14. The number of nitrogens with zero attached hydrogens (tertiary/aromatic N) is 3. The van der Waals surface area contributed by atoms with E-state index >= 15 is 0 Å². The molecule has 4 N–H and O–H groups in total. The summed E-state index contributed by atoms with van der Waals surface area (Å²) in [5.41, 5.74) is 3.52. The average molecular weight is 266 g/mol. The number of aromatic nitrogens is 2. The second kappa shape index (κ2) is 7.52. The normalized spacial score (nSPS) is 10.1. The van der Waals surface area contributed by atoms with Crippen LogP contribution in [0.3, 0.4) is 0 Å². The van der Waals surface area contributed by atoms with E-state index in [9.17, 15) is 4.79 Å². The van der Waals surface area contributed by atoms with Gasteiger partial charge in [0.05, 0.1) is 0 Å². The molecule has 0 saturated heterocycles. The van der Waals surface area contributed by atoms with Crippen LogP contribution in [0.5, 0.6) is 0 Å². The lowest BCUT2D eigenvalue weighted by Crippen LogP contribution is -2.24. The zero-order valence-corrected chi connectivity index (χ0v) is 11.7. The summed E-state index contributed by atoms with van der Waals surface area (Å²) in [6.45, 7) is 2.61. The molecule has 19 heavy (non-hydrogen) atoms. The van der Waals surface area contributed by atoms with E-state index in [1.54, 1.807) is 19.0 Å². The quantitative estimate of drug-likeness (QED) is 0.494. The topological polar surface area (TPSA) is 96.2 Å². The van der Waals surface area contributed by atoms with Crippen LogP contribution in [-0.2, 0) is 11.2 Å². The molecule has 1 amide bonds. The highest BCUT2D eigenvalue weighted by atomic mass is 16.2. The zero-order chi connectivity index (χ0) is 14.3. The second-order valence-corrected chi connectivity index (χ2v) is 4.41. The van der Waals surface area contributed by atoms with Gasteiger partial charge in [-0.25, -0.2) is 15.8 Å². The van der Waals surface area contributed by atoms with Gasteiger partial charge in [-0.2, -0.15) is 0 Å². The minimum atomic E-state index is 0.0794. The van der Waals surface area contributed by atoms with Crippen molar-refractivity contribution in [3.8, 4) is 0 Å². The molecule has 0 spiro atoms. The van der Waals surface area contributed by atoms with Crippen molar-refractivity contribution in [2.45, 2.75) is 26.2 Å². The van der Waals surface area contributed by atoms with E-state index < -0.39 is 0 Å². The molecule has 7 heteroatoms. The third kappa shape index (κ3) is 4.36. The van der Waals surface area contributed by atoms with E-state index in [4.69, 9.17) is 5.84 Å². The fourth-order valence-corrected chi connectivity index (χ4v) is 1.69. The highest BCUT2D eigenvalue weighted by molar-refractivity contribution is 5.76. The van der Waals surface area contributed by atoms with Gasteiger partial charge in [0.25, 0.3) is 0 Å². The van der Waals surface area contributed by atoms with Crippen LogP contribution in [0, 0.1) is 0 Å². The van der Waals surface area contributed by atoms with Crippen LogP contribution in [0.1, 0.15) is 25.3 Å². The maximum Gasteiger partial charge on any atom is 0.223 e. The molecule has 1 heterocycles. The molecule has 0 aromatic carbocycles. The van der Waals surface area contributed by atoms with Gasteiger partial charge in [0.15, 0.2) is 0 Å². The molecule has 0 aliphatic heterocycles. The Morgan fingerprint density at radius 1 is 1.37 bits per heavy atom. The van der Waals surface area contributed by atoms with Gasteiger partial charge in [0.1, 0.15) is 18.0 Å². The van der Waals surface area contributed by atoms with E-state index in [0.717, 1.165) is 24.2 Å². The number of hydrazine groups is 1. The van der Waals surface area contributed by atoms with Crippen molar-refractivity contribution in [2.75, 3.05) is 31.4 Å². The Morgan fingerprint density at radius 2 is 2.05 bits per heavy atom. The summed E-state index contributed by atoms with van der Waals surface area (Å²) in [6.07, 6.45) is 3.66. The van der Waals surface area contributed by atoms with Gasteiger partial charge in [0.2, 0.25) is 5.91 Å². The standard InChI is InChI=1S/C12H22N6O/c1-4-5-9-11(15-8-16-12(9)17-13)14-7-6-10(19)18(2)3/h8H,4-7,13H2,1-3H3,(H2,14,15,16,17). The van der Waals surface area contributed by atoms with Crippen molar-refractivity contribution in [3.63, 3.8) is 0 Å². The predicted molar refractivity (Wildman–Crippen MR) is 75.6 cm³/mol. The third-order valence-electron chi connectivity index (χ3n) is 2.71. The molecule has 0 bridgehead atoms. The molecular weight excluding hydrogens is 244 g/mol. The third-order valence-corrected chi connectivity index (χ3v) is 2.71. The number of carbonyl (C=O) groups excluding carboxylic acids is 1. The fraction of sp³-hybridized carbons (Fsp3) is 0.583. The monoisotopic (exact) mass is 266 g/mol. The minimum Gasteiger partial charge on any atom is -0.369 e. The molecule has 0 saturated carbocycles. The molecule has 0 fully saturated rings. The van der Waals surface area contributed by atoms with Crippen LogP contribution in [0.15, 0.2) is 6.33 Å². The number of amides is 1. The lowest BCUT2D eigenvalue weighted by molar-refractivity contribution is -0.128. The number of rotatable bonds is 7. The van der Waals surface area contributed by atoms with E-state index in [0.29, 0.717) is 18.8 Å². The first-order chi connectivity index (χ1) is 9.10. The van der Waals surface area contributed by atoms with Gasteiger partial charge in [-0.1, -0.05) is 13.3 Å². The summed E-state index contributed by atoms with van der Waals surface area (Å²) in [6, 6.07) is 0. The van der Waals surface area contributed by atoms with Crippen LogP contribution in [0.2, 0.25) is 0 Å². The van der Waals surface area contributed by atoms with E-state index in [2.05, 4.69) is 27.6 Å². The number of carbonyl (C=O) groups is 1. The van der Waals surface area contributed by atoms with E-state index in [-0.39, 0.29) is 5.91 Å². The van der Waals surface area contributed by atoms with Crippen LogP contribution in [0.4, 0.5) is 11.6 Å². The Kier molecular flexibility index (Phi) is 6.01. The van der Waals surface area contributed by atoms with Gasteiger partial charge >= 0.3 is 0 Å². The first-order valence-corrected chi connectivity index (χ1v) is 6.34. The molecule has 1 rings (SSSR count). The van der Waals surface area contributed by atoms with Crippen molar-refractivity contribution in [1.29, 1.82) is 0 Å². The molecule has 0 aliphatic rings. The highest BCUT2D eigenvalue weighted by Crippen LogP contribution is 2.20. The summed E-state index contributed by atoms with van der Waals surface area (Å²) in [7, 11) is 3.48. The molecule has 7 nitrogen and oxygen atoms in total. The Hall–Kier alpha value is -1.89. The Balaban J connectivity index is 2.69. The Bertz CT molecular complexity index is 421. The van der Waals surface area contributed by atoms with E-state index in [1.165, 1.54) is 6.33 Å². The molecule has 1 aromatic heterocycles. The molecule has 0 aliphatic carbocycles. The summed E-state index contributed by atoms with van der Waals surface area (Å²) < 4.78 is 0. The number of nitrogen functional groups attached to an aromatic ring is 1. The van der Waals surface area contributed by atoms with Gasteiger partial charge in [-0.3, -0.25) is 4.79 Å². The predicted octanol–water partition coefficient (Wildman–Crippen LogP) is 0.605. The average Bonchev–Trinajstić information content (AvgIpc) is 2.40. The van der Waals surface area contributed by atoms with Crippen LogP contribution in [0.25, 0.3) is 0 Å². The first kappa shape index (κ1) is 15.2. The van der Waals surface area contributed by atoms with Crippen molar-refractivity contribution < 1.29 is 4.79 Å². The summed E-state index contributed by atoms with van der Waals surface area (Å²) in [4.78, 5) is 21.3. The van der Waals surface area contributed by atoms with E-state index in [1.807, 2.05) is 0 Å². The SMILES string of the molecule is CCCc1c(NN)ncnc1NCCC(=O)N(C)C. The smallest absolute Gasteiger partial charge is 0.223 e. The Labute approximate surface area is 113 Å². The van der Waals surface area contributed by atoms with Crippen LogP contribution < -0.4 is 16.6 Å². The number of hydrogen-bond acceptors (Lipinski definition) is 6. The molecule has 106 valence electrons. The van der Waals surface area contributed by atoms with Crippen LogP contribution >= 0.6 is 0 Å². The van der Waals surface area contributed by atoms with Crippen molar-refractivity contribution in [3.05, 3.63) is 11.9 Å². The zero-order valence-electron chi connectivity index (χ0n) is 11.7. The second-order valence-electron chi connectivity index (χ2n) is 4.41. The molecule has 0 unspecified atom stereocenters. The lowest BCUT2D eigenvalue weighted by atomic mass is 10.1. The maximum absolute atomic E-state index is 11.5. The summed E-state index contributed by atoms with van der Waals surface area (Å²) in [5, 5.41) is 3.16. The van der Waals surface area contributed by atoms with Crippen molar-refractivity contribution in [2.24, 2.45) is 5.84 Å². The van der Waals surface area contributed by atoms with Crippen LogP contribution in [-0.4, -0.2) is 41.4 Å². The minimum absolute atomic E-state index is 0.0794. The van der Waals surface area contributed by atoms with Crippen molar-refractivity contribution >= 4 is 17.5 Å². The maximum atomic E-state index is 11.5. The highest BCUT2D eigenvalue weighted by Gasteiger charge is 2.10. The number of hydrogen-bond donors (Lipinski definition) is 3. The number of nitrogens with two attached hydrogens (primary N) is 1. The summed E-state index contributed by atoms with van der Waals surface area (Å²) >= 11 is 0. The molecule has 1 aromatic rings. The number of nitrogens with one attached hydrogen (secondary N) is 2. The fourth-order valence-electron chi connectivity index (χ4n) is 1.69. The van der Waals surface area contributed by atoms with Gasteiger partial charge in [-0.05, 0) is 6.42 Å². The van der Waals surface area contributed by atoms with Gasteiger partial charge in [-0.15, -0.1) is 0 Å². The van der Waals surface area contributed by atoms with Gasteiger partial charge < -0.3 is 15.6 Å². The van der Waals surface area contributed by atoms with Crippen molar-refractivity contribution in [1.82, 2.24) is 14.9 Å².